The molecule has 0 saturated heterocycles. The second-order valence-corrected chi connectivity index (χ2v) is 4.48. The number of benzene rings is 2. The van der Waals surface area contributed by atoms with Crippen molar-refractivity contribution in [3.05, 3.63) is 54.4 Å². The zero-order valence-electron chi connectivity index (χ0n) is 11.6. The van der Waals surface area contributed by atoms with Gasteiger partial charge in [0, 0.05) is 0 Å². The van der Waals surface area contributed by atoms with E-state index >= 15 is 0 Å². The van der Waals surface area contributed by atoms with Crippen molar-refractivity contribution in [3.8, 4) is 11.5 Å². The third-order valence-corrected chi connectivity index (χ3v) is 3.05. The number of rotatable bonds is 4. The van der Waals surface area contributed by atoms with Crippen LogP contribution in [0.3, 0.4) is 0 Å². The molecule has 0 fully saturated rings. The van der Waals surface area contributed by atoms with Crippen LogP contribution in [0.1, 0.15) is 12.5 Å². The number of imidazole rings is 1. The molecule has 5 nitrogen and oxygen atoms in total. The molecule has 0 aliphatic carbocycles. The molecule has 0 amide bonds. The maximum atomic E-state index is 9.67. The molecule has 21 heavy (non-hydrogen) atoms. The fraction of sp³-hybridized carbons (Fsp3) is 0.125. The largest absolute Gasteiger partial charge is 0.504 e. The number of hydrogen-bond acceptors (Lipinski definition) is 4. The molecule has 1 N–H and O–H groups in total. The number of nitrogens with zero attached hydrogens (tertiary/aromatic N) is 3. The highest BCUT2D eigenvalue weighted by molar-refractivity contribution is 5.82. The Hall–Kier alpha value is -2.82. The molecule has 1 aromatic heterocycles. The fourth-order valence-corrected chi connectivity index (χ4v) is 2.05. The molecule has 3 rings (SSSR count). The highest BCUT2D eigenvalue weighted by atomic mass is 16.5. The van der Waals surface area contributed by atoms with E-state index in [9.17, 15) is 5.11 Å². The molecule has 0 radical (unpaired) electrons. The van der Waals surface area contributed by atoms with Gasteiger partial charge in [-0.2, -0.15) is 5.10 Å². The van der Waals surface area contributed by atoms with Gasteiger partial charge in [0.1, 0.15) is 6.33 Å². The topological polar surface area (TPSA) is 59.6 Å². The van der Waals surface area contributed by atoms with E-state index in [0.29, 0.717) is 12.4 Å². The van der Waals surface area contributed by atoms with Crippen molar-refractivity contribution in [1.29, 1.82) is 0 Å². The fourth-order valence-electron chi connectivity index (χ4n) is 2.05. The van der Waals surface area contributed by atoms with Crippen LogP contribution in [0.15, 0.2) is 53.9 Å². The van der Waals surface area contributed by atoms with E-state index in [-0.39, 0.29) is 5.75 Å². The minimum atomic E-state index is 0.127. The maximum absolute atomic E-state index is 9.67. The molecule has 106 valence electrons. The van der Waals surface area contributed by atoms with Crippen LogP contribution in [0.2, 0.25) is 0 Å². The van der Waals surface area contributed by atoms with Crippen LogP contribution in [0, 0.1) is 0 Å². The molecule has 0 aliphatic rings. The Morgan fingerprint density at radius 3 is 3.00 bits per heavy atom. The molecule has 0 unspecified atom stereocenters. The van der Waals surface area contributed by atoms with Gasteiger partial charge in [0.15, 0.2) is 11.5 Å². The lowest BCUT2D eigenvalue weighted by Gasteiger charge is -2.05. The smallest absolute Gasteiger partial charge is 0.161 e. The molecule has 5 heteroatoms. The number of para-hydroxylation sites is 2. The highest BCUT2D eigenvalue weighted by Crippen LogP contribution is 2.26. The maximum Gasteiger partial charge on any atom is 0.161 e. The van der Waals surface area contributed by atoms with Crippen molar-refractivity contribution < 1.29 is 9.84 Å². The number of fused-ring (bicyclic) bond motifs is 1. The van der Waals surface area contributed by atoms with E-state index < -0.39 is 0 Å². The van der Waals surface area contributed by atoms with E-state index in [1.807, 2.05) is 31.2 Å². The summed E-state index contributed by atoms with van der Waals surface area (Å²) in [5.74, 6) is 0.582. The van der Waals surface area contributed by atoms with E-state index in [1.165, 1.54) is 0 Å². The SMILES string of the molecule is CCOc1cc(/C=N/n2cnc3ccccc32)ccc1O. The minimum Gasteiger partial charge on any atom is -0.504 e. The Morgan fingerprint density at radius 1 is 1.29 bits per heavy atom. The normalized spacial score (nSPS) is 11.3. The van der Waals surface area contributed by atoms with Crippen molar-refractivity contribution in [1.82, 2.24) is 9.66 Å². The second kappa shape index (κ2) is 5.66. The molecule has 3 aromatic rings. The van der Waals surface area contributed by atoms with Gasteiger partial charge in [0.05, 0.1) is 23.9 Å². The summed E-state index contributed by atoms with van der Waals surface area (Å²) in [6, 6.07) is 12.9. The van der Waals surface area contributed by atoms with Gasteiger partial charge >= 0.3 is 0 Å². The van der Waals surface area contributed by atoms with E-state index in [4.69, 9.17) is 4.74 Å². The molecule has 1 heterocycles. The Balaban J connectivity index is 1.90. The van der Waals surface area contributed by atoms with Gasteiger partial charge in [0.2, 0.25) is 0 Å². The molecule has 2 aromatic carbocycles. The predicted molar refractivity (Wildman–Crippen MR) is 82.0 cm³/mol. The van der Waals surface area contributed by atoms with Crippen LogP contribution in [0.25, 0.3) is 11.0 Å². The van der Waals surface area contributed by atoms with Crippen molar-refractivity contribution in [3.63, 3.8) is 0 Å². The average Bonchev–Trinajstić information content (AvgIpc) is 2.92. The summed E-state index contributed by atoms with van der Waals surface area (Å²) in [7, 11) is 0. The zero-order chi connectivity index (χ0) is 14.7. The van der Waals surface area contributed by atoms with Gasteiger partial charge in [-0.1, -0.05) is 12.1 Å². The van der Waals surface area contributed by atoms with E-state index in [1.54, 1.807) is 35.4 Å². The summed E-state index contributed by atoms with van der Waals surface area (Å²) >= 11 is 0. The summed E-state index contributed by atoms with van der Waals surface area (Å²) in [6.45, 7) is 2.37. The van der Waals surface area contributed by atoms with Gasteiger partial charge in [-0.3, -0.25) is 0 Å². The van der Waals surface area contributed by atoms with Crippen molar-refractivity contribution >= 4 is 17.2 Å². The number of hydrogen-bond donors (Lipinski definition) is 1. The standard InChI is InChI=1S/C16H15N3O2/c1-2-21-16-9-12(7-8-15(16)20)10-18-19-11-17-13-5-3-4-6-14(13)19/h3-11,20H,2H2,1H3/b18-10+. The molecule has 0 aliphatic heterocycles. The summed E-state index contributed by atoms with van der Waals surface area (Å²) in [5, 5.41) is 14.1. The van der Waals surface area contributed by atoms with Gasteiger partial charge in [-0.05, 0) is 42.8 Å². The lowest BCUT2D eigenvalue weighted by Crippen LogP contribution is -1.94. The Kier molecular flexibility index (Phi) is 3.55. The average molecular weight is 281 g/mol. The van der Waals surface area contributed by atoms with Crippen molar-refractivity contribution in [2.75, 3.05) is 6.61 Å². The van der Waals surface area contributed by atoms with Gasteiger partial charge < -0.3 is 9.84 Å². The monoisotopic (exact) mass is 281 g/mol. The molecule has 0 atom stereocenters. The number of ether oxygens (including phenoxy) is 1. The van der Waals surface area contributed by atoms with Crippen LogP contribution in [0.4, 0.5) is 0 Å². The first kappa shape index (κ1) is 13.2. The summed E-state index contributed by atoms with van der Waals surface area (Å²) in [6.07, 6.45) is 3.38. The summed E-state index contributed by atoms with van der Waals surface area (Å²) in [4.78, 5) is 4.28. The van der Waals surface area contributed by atoms with Crippen LogP contribution >= 0.6 is 0 Å². The number of phenolic OH excluding ortho intramolecular Hbond substituents is 1. The Morgan fingerprint density at radius 2 is 2.14 bits per heavy atom. The zero-order valence-corrected chi connectivity index (χ0v) is 11.6. The van der Waals surface area contributed by atoms with E-state index in [0.717, 1.165) is 16.6 Å². The number of aromatic hydroxyl groups is 1. The highest BCUT2D eigenvalue weighted by Gasteiger charge is 2.03. The van der Waals surface area contributed by atoms with Crippen LogP contribution in [-0.4, -0.2) is 27.6 Å². The minimum absolute atomic E-state index is 0.127. The first-order valence-corrected chi connectivity index (χ1v) is 6.70. The third-order valence-electron chi connectivity index (χ3n) is 3.05. The summed E-state index contributed by atoms with van der Waals surface area (Å²) < 4.78 is 7.06. The molecular formula is C16H15N3O2. The molecule has 0 bridgehead atoms. The molecule has 0 saturated carbocycles. The predicted octanol–water partition coefficient (Wildman–Crippen LogP) is 3.02. The molecular weight excluding hydrogens is 266 g/mol. The summed E-state index contributed by atoms with van der Waals surface area (Å²) in [5.41, 5.74) is 2.68. The number of aromatic nitrogens is 2. The van der Waals surface area contributed by atoms with Gasteiger partial charge in [-0.25, -0.2) is 9.66 Å². The first-order valence-electron chi connectivity index (χ1n) is 6.70. The van der Waals surface area contributed by atoms with Gasteiger partial charge in [-0.15, -0.1) is 0 Å². The lowest BCUT2D eigenvalue weighted by molar-refractivity contribution is 0.318. The quantitative estimate of drug-likeness (QED) is 0.748. The molecule has 0 spiro atoms. The van der Waals surface area contributed by atoms with Crippen LogP contribution in [-0.2, 0) is 0 Å². The second-order valence-electron chi connectivity index (χ2n) is 4.48. The Bertz CT molecular complexity index is 793. The lowest BCUT2D eigenvalue weighted by atomic mass is 10.2. The first-order chi connectivity index (χ1) is 10.3. The van der Waals surface area contributed by atoms with Crippen LogP contribution < -0.4 is 4.74 Å². The van der Waals surface area contributed by atoms with Gasteiger partial charge in [0.25, 0.3) is 0 Å². The Labute approximate surface area is 122 Å². The van der Waals surface area contributed by atoms with E-state index in [2.05, 4.69) is 10.1 Å². The van der Waals surface area contributed by atoms with Crippen LogP contribution in [0.5, 0.6) is 11.5 Å². The number of phenols is 1. The third kappa shape index (κ3) is 2.72. The van der Waals surface area contributed by atoms with Crippen molar-refractivity contribution in [2.24, 2.45) is 5.10 Å². The van der Waals surface area contributed by atoms with Crippen molar-refractivity contribution in [2.45, 2.75) is 6.92 Å².